The van der Waals surface area contributed by atoms with Gasteiger partial charge in [0.2, 0.25) is 5.91 Å². The number of rotatable bonds is 6. The average Bonchev–Trinajstić information content (AvgIpc) is 2.88. The number of nitrogens with zero attached hydrogens (tertiary/aromatic N) is 2. The predicted molar refractivity (Wildman–Crippen MR) is 101 cm³/mol. The highest BCUT2D eigenvalue weighted by Crippen LogP contribution is 2.12. The van der Waals surface area contributed by atoms with Gasteiger partial charge in [-0.25, -0.2) is 8.78 Å². The third kappa shape index (κ3) is 5.84. The van der Waals surface area contributed by atoms with Crippen molar-refractivity contribution in [3.8, 4) is 0 Å². The third-order valence-electron chi connectivity index (χ3n) is 4.83. The van der Waals surface area contributed by atoms with Crippen LogP contribution in [0.4, 0.5) is 8.78 Å². The highest BCUT2D eigenvalue weighted by molar-refractivity contribution is 5.78. The molecule has 1 saturated heterocycles. The summed E-state index contributed by atoms with van der Waals surface area (Å²) in [5, 5.41) is 2.78. The van der Waals surface area contributed by atoms with Crippen LogP contribution in [0, 0.1) is 11.6 Å². The molecule has 0 saturated carbocycles. The molecule has 1 aliphatic heterocycles. The molecule has 0 radical (unpaired) electrons. The lowest BCUT2D eigenvalue weighted by atomic mass is 10.2. The number of carbonyl (C=O) groups excluding carboxylic acids is 1. The Morgan fingerprint density at radius 3 is 2.15 bits per heavy atom. The van der Waals surface area contributed by atoms with Gasteiger partial charge in [-0.1, -0.05) is 36.4 Å². The highest BCUT2D eigenvalue weighted by atomic mass is 19.1. The van der Waals surface area contributed by atoms with Crippen LogP contribution in [0.15, 0.2) is 48.5 Å². The van der Waals surface area contributed by atoms with Crippen LogP contribution in [0.5, 0.6) is 0 Å². The van der Waals surface area contributed by atoms with E-state index in [0.29, 0.717) is 24.2 Å². The molecule has 27 heavy (non-hydrogen) atoms. The Kier molecular flexibility index (Phi) is 6.90. The third-order valence-corrected chi connectivity index (χ3v) is 4.83. The summed E-state index contributed by atoms with van der Waals surface area (Å²) in [6.45, 7) is 4.31. The van der Waals surface area contributed by atoms with Gasteiger partial charge in [0.25, 0.3) is 0 Å². The molecular formula is C21H25F2N3O. The molecular weight excluding hydrogens is 348 g/mol. The SMILES string of the molecule is O=C(CN1CCCN(Cc2ccccc2F)CC1)NCc1ccccc1F. The molecule has 1 aliphatic rings. The molecule has 6 heteroatoms. The summed E-state index contributed by atoms with van der Waals surface area (Å²) in [4.78, 5) is 16.5. The molecule has 2 aromatic carbocycles. The number of hydrogen-bond donors (Lipinski definition) is 1. The smallest absolute Gasteiger partial charge is 0.234 e. The number of nitrogens with one attached hydrogen (secondary N) is 1. The minimum absolute atomic E-state index is 0.110. The lowest BCUT2D eigenvalue weighted by molar-refractivity contribution is -0.122. The summed E-state index contributed by atoms with van der Waals surface area (Å²) in [5.41, 5.74) is 1.19. The molecule has 0 spiro atoms. The maximum atomic E-state index is 13.8. The number of halogens is 2. The number of benzene rings is 2. The zero-order chi connectivity index (χ0) is 19.1. The van der Waals surface area contributed by atoms with Gasteiger partial charge in [0.15, 0.2) is 0 Å². The van der Waals surface area contributed by atoms with E-state index < -0.39 is 0 Å². The predicted octanol–water partition coefficient (Wildman–Crippen LogP) is 2.79. The van der Waals surface area contributed by atoms with Crippen LogP contribution < -0.4 is 5.32 Å². The highest BCUT2D eigenvalue weighted by Gasteiger charge is 2.18. The molecule has 4 nitrogen and oxygen atoms in total. The Hall–Kier alpha value is -2.31. The Labute approximate surface area is 158 Å². The Morgan fingerprint density at radius 1 is 0.852 bits per heavy atom. The minimum Gasteiger partial charge on any atom is -0.351 e. The molecule has 0 atom stereocenters. The van der Waals surface area contributed by atoms with Gasteiger partial charge in [-0.2, -0.15) is 0 Å². The second-order valence-electron chi connectivity index (χ2n) is 6.87. The van der Waals surface area contributed by atoms with Gasteiger partial charge in [-0.15, -0.1) is 0 Å². The average molecular weight is 373 g/mol. The van der Waals surface area contributed by atoms with E-state index in [1.807, 2.05) is 12.1 Å². The summed E-state index contributed by atoms with van der Waals surface area (Å²) < 4.78 is 27.4. The summed E-state index contributed by atoms with van der Waals surface area (Å²) in [5.74, 6) is -0.594. The fraction of sp³-hybridized carbons (Fsp3) is 0.381. The van der Waals surface area contributed by atoms with Gasteiger partial charge in [0.05, 0.1) is 6.54 Å². The first-order valence-corrected chi connectivity index (χ1v) is 9.30. The van der Waals surface area contributed by atoms with Gasteiger partial charge < -0.3 is 5.32 Å². The van der Waals surface area contributed by atoms with Gasteiger partial charge in [0, 0.05) is 37.3 Å². The molecule has 1 fully saturated rings. The first kappa shape index (κ1) is 19.5. The van der Waals surface area contributed by atoms with Crippen molar-refractivity contribution in [3.05, 3.63) is 71.3 Å². The van der Waals surface area contributed by atoms with E-state index in [9.17, 15) is 13.6 Å². The van der Waals surface area contributed by atoms with Crippen molar-refractivity contribution in [3.63, 3.8) is 0 Å². The zero-order valence-corrected chi connectivity index (χ0v) is 15.3. The molecule has 0 aliphatic carbocycles. The van der Waals surface area contributed by atoms with E-state index >= 15 is 0 Å². The van der Waals surface area contributed by atoms with Crippen molar-refractivity contribution in [1.29, 1.82) is 0 Å². The summed E-state index contributed by atoms with van der Waals surface area (Å²) in [6, 6.07) is 13.3. The maximum Gasteiger partial charge on any atom is 0.234 e. The first-order chi connectivity index (χ1) is 13.1. The fourth-order valence-corrected chi connectivity index (χ4v) is 3.30. The maximum absolute atomic E-state index is 13.8. The molecule has 0 bridgehead atoms. The van der Waals surface area contributed by atoms with Crippen molar-refractivity contribution in [2.45, 2.75) is 19.5 Å². The van der Waals surface area contributed by atoms with Crippen molar-refractivity contribution >= 4 is 5.91 Å². The Morgan fingerprint density at radius 2 is 1.44 bits per heavy atom. The molecule has 144 valence electrons. The van der Waals surface area contributed by atoms with Crippen molar-refractivity contribution in [2.24, 2.45) is 0 Å². The van der Waals surface area contributed by atoms with Crippen LogP contribution in [0.2, 0.25) is 0 Å². The van der Waals surface area contributed by atoms with E-state index in [1.165, 1.54) is 12.1 Å². The van der Waals surface area contributed by atoms with E-state index in [0.717, 1.165) is 32.6 Å². The molecule has 0 aromatic heterocycles. The largest absolute Gasteiger partial charge is 0.351 e. The lowest BCUT2D eigenvalue weighted by Gasteiger charge is -2.21. The first-order valence-electron chi connectivity index (χ1n) is 9.30. The van der Waals surface area contributed by atoms with Crippen molar-refractivity contribution < 1.29 is 13.6 Å². The van der Waals surface area contributed by atoms with Crippen LogP contribution in [0.3, 0.4) is 0 Å². The van der Waals surface area contributed by atoms with Gasteiger partial charge in [0.1, 0.15) is 11.6 Å². The second kappa shape index (κ2) is 9.58. The molecule has 2 aromatic rings. The van der Waals surface area contributed by atoms with Crippen molar-refractivity contribution in [2.75, 3.05) is 32.7 Å². The van der Waals surface area contributed by atoms with Crippen LogP contribution in [-0.2, 0) is 17.9 Å². The minimum atomic E-state index is -0.309. The van der Waals surface area contributed by atoms with E-state index in [4.69, 9.17) is 0 Å². The topological polar surface area (TPSA) is 35.6 Å². The number of carbonyl (C=O) groups is 1. The number of amides is 1. The molecule has 1 heterocycles. The molecule has 0 unspecified atom stereocenters. The van der Waals surface area contributed by atoms with E-state index in [1.54, 1.807) is 24.3 Å². The summed E-state index contributed by atoms with van der Waals surface area (Å²) >= 11 is 0. The molecule has 3 rings (SSSR count). The Balaban J connectivity index is 1.44. The fourth-order valence-electron chi connectivity index (χ4n) is 3.30. The van der Waals surface area contributed by atoms with Crippen LogP contribution in [0.1, 0.15) is 17.5 Å². The van der Waals surface area contributed by atoms with Gasteiger partial charge in [-0.05, 0) is 31.6 Å². The normalized spacial score (nSPS) is 16.1. The van der Waals surface area contributed by atoms with E-state index in [2.05, 4.69) is 15.1 Å². The summed E-state index contributed by atoms with van der Waals surface area (Å²) in [7, 11) is 0. The molecule has 1 amide bonds. The second-order valence-corrected chi connectivity index (χ2v) is 6.87. The van der Waals surface area contributed by atoms with Crippen LogP contribution >= 0.6 is 0 Å². The Bertz CT molecular complexity index is 769. The summed E-state index contributed by atoms with van der Waals surface area (Å²) in [6.07, 6.45) is 0.926. The van der Waals surface area contributed by atoms with Crippen molar-refractivity contribution in [1.82, 2.24) is 15.1 Å². The van der Waals surface area contributed by atoms with Gasteiger partial charge >= 0.3 is 0 Å². The molecule has 1 N–H and O–H groups in total. The quantitative estimate of drug-likeness (QED) is 0.846. The zero-order valence-electron chi connectivity index (χ0n) is 15.3. The lowest BCUT2D eigenvalue weighted by Crippen LogP contribution is -2.39. The monoisotopic (exact) mass is 373 g/mol. The van der Waals surface area contributed by atoms with E-state index in [-0.39, 0.29) is 24.1 Å². The standard InChI is InChI=1S/C21H25F2N3O/c22-19-8-3-1-6-17(19)14-24-21(27)16-26-11-5-10-25(12-13-26)15-18-7-2-4-9-20(18)23/h1-4,6-9H,5,10-16H2,(H,24,27). The van der Waals surface area contributed by atoms with Gasteiger partial charge in [-0.3, -0.25) is 14.6 Å². The number of hydrogen-bond acceptors (Lipinski definition) is 3. The van der Waals surface area contributed by atoms with Crippen LogP contribution in [-0.4, -0.2) is 48.4 Å². The van der Waals surface area contributed by atoms with Crippen LogP contribution in [0.25, 0.3) is 0 Å².